The van der Waals surface area contributed by atoms with E-state index in [2.05, 4.69) is 11.1 Å². The first kappa shape index (κ1) is 13.6. The third-order valence-corrected chi connectivity index (χ3v) is 3.87. The van der Waals surface area contributed by atoms with Crippen molar-refractivity contribution in [1.82, 2.24) is 9.88 Å². The number of hydrogen-bond acceptors (Lipinski definition) is 2. The second kappa shape index (κ2) is 5.05. The SMILES string of the molecule is CN(CCc1c[nH]c2ccccc12)C(C)(C)C(=O)O. The highest BCUT2D eigenvalue weighted by Crippen LogP contribution is 2.19. The van der Waals surface area contributed by atoms with Crippen molar-refractivity contribution in [3.8, 4) is 0 Å². The Morgan fingerprint density at radius 2 is 2.05 bits per heavy atom. The molecule has 0 aliphatic rings. The van der Waals surface area contributed by atoms with Crippen molar-refractivity contribution in [2.24, 2.45) is 0 Å². The van der Waals surface area contributed by atoms with Gasteiger partial charge in [0.1, 0.15) is 5.54 Å². The number of nitrogens with one attached hydrogen (secondary N) is 1. The number of H-pyrrole nitrogens is 1. The molecule has 0 amide bonds. The van der Waals surface area contributed by atoms with Gasteiger partial charge in [0.15, 0.2) is 0 Å². The lowest BCUT2D eigenvalue weighted by Crippen LogP contribution is -2.48. The molecule has 102 valence electrons. The minimum absolute atomic E-state index is 0.709. The third kappa shape index (κ3) is 2.63. The number of carboxylic acids is 1. The fourth-order valence-corrected chi connectivity index (χ4v) is 2.07. The first-order chi connectivity index (χ1) is 8.93. The van der Waals surface area contributed by atoms with Crippen molar-refractivity contribution in [3.63, 3.8) is 0 Å². The van der Waals surface area contributed by atoms with E-state index in [4.69, 9.17) is 0 Å². The summed E-state index contributed by atoms with van der Waals surface area (Å²) in [6.07, 6.45) is 2.84. The Morgan fingerprint density at radius 1 is 1.37 bits per heavy atom. The lowest BCUT2D eigenvalue weighted by Gasteiger charge is -2.31. The molecule has 2 N–H and O–H groups in total. The van der Waals surface area contributed by atoms with Crippen LogP contribution in [0, 0.1) is 0 Å². The number of carbonyl (C=O) groups is 1. The Bertz CT molecular complexity index is 587. The fourth-order valence-electron chi connectivity index (χ4n) is 2.07. The van der Waals surface area contributed by atoms with Gasteiger partial charge in [-0.2, -0.15) is 0 Å². The largest absolute Gasteiger partial charge is 0.480 e. The number of aliphatic carboxylic acids is 1. The summed E-state index contributed by atoms with van der Waals surface area (Å²) in [5.41, 5.74) is 1.51. The van der Waals surface area contributed by atoms with E-state index in [1.165, 1.54) is 10.9 Å². The van der Waals surface area contributed by atoms with Crippen molar-refractivity contribution in [3.05, 3.63) is 36.0 Å². The lowest BCUT2D eigenvalue weighted by molar-refractivity contribution is -0.148. The number of aromatic amines is 1. The Balaban J connectivity index is 2.09. The first-order valence-corrected chi connectivity index (χ1v) is 6.42. The summed E-state index contributed by atoms with van der Waals surface area (Å²) < 4.78 is 0. The molecule has 19 heavy (non-hydrogen) atoms. The minimum atomic E-state index is -0.841. The van der Waals surface area contributed by atoms with Gasteiger partial charge in [0.05, 0.1) is 0 Å². The number of para-hydroxylation sites is 1. The van der Waals surface area contributed by atoms with Crippen LogP contribution < -0.4 is 0 Å². The van der Waals surface area contributed by atoms with Crippen LogP contribution in [-0.4, -0.2) is 40.1 Å². The summed E-state index contributed by atoms with van der Waals surface area (Å²) in [7, 11) is 1.85. The summed E-state index contributed by atoms with van der Waals surface area (Å²) >= 11 is 0. The second-order valence-electron chi connectivity index (χ2n) is 5.40. The molecule has 0 atom stereocenters. The smallest absolute Gasteiger partial charge is 0.323 e. The number of rotatable bonds is 5. The van der Waals surface area contributed by atoms with Gasteiger partial charge in [0, 0.05) is 23.6 Å². The van der Waals surface area contributed by atoms with Crippen LogP contribution in [0.1, 0.15) is 19.4 Å². The highest BCUT2D eigenvalue weighted by Gasteiger charge is 2.31. The second-order valence-corrected chi connectivity index (χ2v) is 5.40. The zero-order valence-electron chi connectivity index (χ0n) is 11.6. The Labute approximate surface area is 113 Å². The van der Waals surface area contributed by atoms with Gasteiger partial charge in [-0.3, -0.25) is 9.69 Å². The highest BCUT2D eigenvalue weighted by atomic mass is 16.4. The van der Waals surface area contributed by atoms with E-state index < -0.39 is 11.5 Å². The van der Waals surface area contributed by atoms with Crippen LogP contribution in [0.25, 0.3) is 10.9 Å². The zero-order chi connectivity index (χ0) is 14.0. The molecule has 0 unspecified atom stereocenters. The predicted octanol–water partition coefficient (Wildman–Crippen LogP) is 2.51. The van der Waals surface area contributed by atoms with E-state index in [-0.39, 0.29) is 0 Å². The van der Waals surface area contributed by atoms with Gasteiger partial charge in [0.2, 0.25) is 0 Å². The number of likely N-dealkylation sites (N-methyl/N-ethyl adjacent to an activating group) is 1. The van der Waals surface area contributed by atoms with Gasteiger partial charge in [-0.15, -0.1) is 0 Å². The van der Waals surface area contributed by atoms with E-state index in [9.17, 15) is 9.90 Å². The van der Waals surface area contributed by atoms with Crippen LogP contribution in [0.2, 0.25) is 0 Å². The normalized spacial score (nSPS) is 12.2. The summed E-state index contributed by atoms with van der Waals surface area (Å²) in [5.74, 6) is -0.797. The van der Waals surface area contributed by atoms with Crippen molar-refractivity contribution in [1.29, 1.82) is 0 Å². The molecular formula is C15H20N2O2. The number of benzene rings is 1. The molecule has 1 aromatic carbocycles. The first-order valence-electron chi connectivity index (χ1n) is 6.42. The molecule has 1 aromatic heterocycles. The molecule has 0 bridgehead atoms. The average Bonchev–Trinajstić information content (AvgIpc) is 2.79. The van der Waals surface area contributed by atoms with Gasteiger partial charge < -0.3 is 10.1 Å². The number of nitrogens with zero attached hydrogens (tertiary/aromatic N) is 1. The molecule has 0 aliphatic heterocycles. The quantitative estimate of drug-likeness (QED) is 0.868. The molecule has 2 rings (SSSR count). The molecule has 0 saturated heterocycles. The summed E-state index contributed by atoms with van der Waals surface area (Å²) in [4.78, 5) is 16.3. The van der Waals surface area contributed by atoms with Crippen LogP contribution in [0.15, 0.2) is 30.5 Å². The third-order valence-electron chi connectivity index (χ3n) is 3.87. The molecule has 4 heteroatoms. The molecule has 0 aliphatic carbocycles. The van der Waals surface area contributed by atoms with Crippen LogP contribution in [0.5, 0.6) is 0 Å². The van der Waals surface area contributed by atoms with Crippen LogP contribution in [0.4, 0.5) is 0 Å². The maximum absolute atomic E-state index is 11.2. The summed E-state index contributed by atoms with van der Waals surface area (Å²) in [6.45, 7) is 4.16. The Kier molecular flexibility index (Phi) is 3.62. The number of carboxylic acid groups (broad SMARTS) is 1. The highest BCUT2D eigenvalue weighted by molar-refractivity contribution is 5.83. The number of aromatic nitrogens is 1. The van der Waals surface area contributed by atoms with E-state index in [1.807, 2.05) is 36.3 Å². The molecule has 0 fully saturated rings. The van der Waals surface area contributed by atoms with Gasteiger partial charge in [0.25, 0.3) is 0 Å². The van der Waals surface area contributed by atoms with E-state index in [1.54, 1.807) is 13.8 Å². The van der Waals surface area contributed by atoms with Crippen molar-refractivity contribution in [2.75, 3.05) is 13.6 Å². The number of fused-ring (bicyclic) bond motifs is 1. The fraction of sp³-hybridized carbons (Fsp3) is 0.400. The van der Waals surface area contributed by atoms with Crippen LogP contribution in [0.3, 0.4) is 0 Å². The van der Waals surface area contributed by atoms with Crippen molar-refractivity contribution < 1.29 is 9.90 Å². The van der Waals surface area contributed by atoms with Gasteiger partial charge in [-0.05, 0) is 38.9 Å². The summed E-state index contributed by atoms with van der Waals surface area (Å²) in [6, 6.07) is 8.15. The molecule has 1 heterocycles. The monoisotopic (exact) mass is 260 g/mol. The van der Waals surface area contributed by atoms with Gasteiger partial charge >= 0.3 is 5.97 Å². The van der Waals surface area contributed by atoms with Crippen molar-refractivity contribution in [2.45, 2.75) is 25.8 Å². The van der Waals surface area contributed by atoms with Crippen molar-refractivity contribution >= 4 is 16.9 Å². The minimum Gasteiger partial charge on any atom is -0.480 e. The lowest BCUT2D eigenvalue weighted by atomic mass is 10.0. The van der Waals surface area contributed by atoms with E-state index in [0.29, 0.717) is 6.54 Å². The average molecular weight is 260 g/mol. The molecule has 2 aromatic rings. The van der Waals surface area contributed by atoms with E-state index in [0.717, 1.165) is 11.9 Å². The standard InChI is InChI=1S/C15H20N2O2/c1-15(2,14(18)19)17(3)9-8-11-10-16-13-7-5-4-6-12(11)13/h4-7,10,16H,8-9H2,1-3H3,(H,18,19). The number of hydrogen-bond donors (Lipinski definition) is 2. The molecule has 4 nitrogen and oxygen atoms in total. The molecular weight excluding hydrogens is 240 g/mol. The maximum atomic E-state index is 11.2. The Hall–Kier alpha value is -1.81. The predicted molar refractivity (Wildman–Crippen MR) is 76.3 cm³/mol. The van der Waals surface area contributed by atoms with Gasteiger partial charge in [-0.25, -0.2) is 0 Å². The van der Waals surface area contributed by atoms with E-state index >= 15 is 0 Å². The zero-order valence-corrected chi connectivity index (χ0v) is 11.6. The topological polar surface area (TPSA) is 56.3 Å². The molecule has 0 spiro atoms. The van der Waals surface area contributed by atoms with Gasteiger partial charge in [-0.1, -0.05) is 18.2 Å². The molecule has 0 saturated carbocycles. The maximum Gasteiger partial charge on any atom is 0.323 e. The van der Waals surface area contributed by atoms with Crippen LogP contribution in [-0.2, 0) is 11.2 Å². The molecule has 0 radical (unpaired) electrons. The Morgan fingerprint density at radius 3 is 2.74 bits per heavy atom. The summed E-state index contributed by atoms with van der Waals surface area (Å²) in [5, 5.41) is 10.4. The van der Waals surface area contributed by atoms with Crippen LogP contribution >= 0.6 is 0 Å².